The molecule has 2 heterocycles. The number of anilines is 1. The van der Waals surface area contributed by atoms with Gasteiger partial charge in [0.15, 0.2) is 6.61 Å². The number of hydrogen-bond acceptors (Lipinski definition) is 5. The topological polar surface area (TPSA) is 82.5 Å². The number of nitrogens with zero attached hydrogens (tertiary/aromatic N) is 2. The predicted molar refractivity (Wildman–Crippen MR) is 116 cm³/mol. The van der Waals surface area contributed by atoms with Crippen molar-refractivity contribution in [3.05, 3.63) is 82.5 Å². The second kappa shape index (κ2) is 9.45. The maximum absolute atomic E-state index is 13.0. The number of benzene rings is 1. The Hall–Kier alpha value is -3.66. The van der Waals surface area contributed by atoms with Gasteiger partial charge in [-0.15, -0.1) is 0 Å². The van der Waals surface area contributed by atoms with Gasteiger partial charge in [0, 0.05) is 13.3 Å². The first kappa shape index (κ1) is 24.0. The summed E-state index contributed by atoms with van der Waals surface area (Å²) in [6.45, 7) is 2.17. The van der Waals surface area contributed by atoms with Crippen LogP contribution in [0.15, 0.2) is 65.7 Å². The monoisotopic (exact) mass is 461 g/mol. The lowest BCUT2D eigenvalue weighted by molar-refractivity contribution is -0.153. The number of nitrogens with one attached hydrogen (secondary N) is 1. The first-order valence-electron chi connectivity index (χ1n) is 9.85. The Morgan fingerprint density at radius 2 is 1.82 bits per heavy atom. The van der Waals surface area contributed by atoms with Gasteiger partial charge >= 0.3 is 6.18 Å². The van der Waals surface area contributed by atoms with Crippen LogP contribution in [0, 0.1) is 0 Å². The third-order valence-corrected chi connectivity index (χ3v) is 4.86. The van der Waals surface area contributed by atoms with Gasteiger partial charge in [-0.05, 0) is 50.2 Å². The van der Waals surface area contributed by atoms with Gasteiger partial charge in [-0.25, -0.2) is 0 Å². The number of carbonyl (C=O) groups excluding carboxylic acids is 1. The summed E-state index contributed by atoms with van der Waals surface area (Å²) in [4.78, 5) is 30.0. The molecule has 0 bridgehead atoms. The molecule has 7 nitrogen and oxygen atoms in total. The van der Waals surface area contributed by atoms with E-state index >= 15 is 0 Å². The van der Waals surface area contributed by atoms with E-state index in [-0.39, 0.29) is 17.0 Å². The fourth-order valence-electron chi connectivity index (χ4n) is 2.92. The van der Waals surface area contributed by atoms with Gasteiger partial charge in [-0.1, -0.05) is 12.1 Å². The summed E-state index contributed by atoms with van der Waals surface area (Å²) in [6, 6.07) is 11.9. The molecule has 0 fully saturated rings. The van der Waals surface area contributed by atoms with Crippen molar-refractivity contribution in [3.63, 3.8) is 0 Å². The summed E-state index contributed by atoms with van der Waals surface area (Å²) in [5, 5.41) is 2.60. The third-order valence-electron chi connectivity index (χ3n) is 4.86. The van der Waals surface area contributed by atoms with Gasteiger partial charge in [0.2, 0.25) is 0 Å². The van der Waals surface area contributed by atoms with Crippen LogP contribution in [0.2, 0.25) is 0 Å². The zero-order valence-electron chi connectivity index (χ0n) is 18.1. The lowest BCUT2D eigenvalue weighted by Crippen LogP contribution is -2.28. The molecular weight excluding hydrogens is 439 g/mol. The van der Waals surface area contributed by atoms with Crippen molar-refractivity contribution in [3.8, 4) is 11.4 Å². The molecule has 0 aliphatic carbocycles. The minimum atomic E-state index is -4.54. The van der Waals surface area contributed by atoms with Gasteiger partial charge in [0.1, 0.15) is 16.9 Å². The third kappa shape index (κ3) is 5.78. The van der Waals surface area contributed by atoms with Crippen LogP contribution < -0.4 is 15.6 Å². The minimum Gasteiger partial charge on any atom is -0.482 e. The summed E-state index contributed by atoms with van der Waals surface area (Å²) >= 11 is 0. The molecule has 2 aromatic heterocycles. The first-order chi connectivity index (χ1) is 15.5. The Kier molecular flexibility index (Phi) is 6.87. The van der Waals surface area contributed by atoms with E-state index in [0.717, 1.165) is 4.57 Å². The van der Waals surface area contributed by atoms with E-state index in [9.17, 15) is 22.8 Å². The van der Waals surface area contributed by atoms with E-state index in [2.05, 4.69) is 10.3 Å². The molecule has 0 aliphatic heterocycles. The summed E-state index contributed by atoms with van der Waals surface area (Å²) < 4.78 is 49.0. The smallest absolute Gasteiger partial charge is 0.422 e. The lowest BCUT2D eigenvalue weighted by atomic mass is 10.0. The minimum absolute atomic E-state index is 0.0780. The standard InChI is InChI=1S/C23H22F3N3O4/c1-22(2,32-3)19-11-10-15(13-27-19)28-20(30)16-7-6-12-29(21(16)31)17-8-4-5-9-18(17)33-14-23(24,25)26/h4-13H,14H2,1-3H3,(H,28,30). The SMILES string of the molecule is COC(C)(C)c1ccc(NC(=O)c2cccn(-c3ccccc3OCC(F)(F)F)c2=O)cn1. The summed E-state index contributed by atoms with van der Waals surface area (Å²) in [7, 11) is 1.56. The van der Waals surface area contributed by atoms with Crippen LogP contribution in [-0.4, -0.2) is 35.4 Å². The zero-order valence-corrected chi connectivity index (χ0v) is 18.1. The molecule has 0 saturated heterocycles. The summed E-state index contributed by atoms with van der Waals surface area (Å²) in [5.41, 5.74) is -0.446. The normalized spacial score (nSPS) is 11.8. The molecule has 3 aromatic rings. The van der Waals surface area contributed by atoms with Gasteiger partial charge in [-0.3, -0.25) is 19.1 Å². The van der Waals surface area contributed by atoms with E-state index in [1.807, 2.05) is 13.8 Å². The van der Waals surface area contributed by atoms with Crippen LogP contribution >= 0.6 is 0 Å². The van der Waals surface area contributed by atoms with Crippen LogP contribution in [0.1, 0.15) is 29.9 Å². The molecular formula is C23H22F3N3O4. The van der Waals surface area contributed by atoms with Crippen molar-refractivity contribution in [2.24, 2.45) is 0 Å². The number of hydrogen-bond donors (Lipinski definition) is 1. The largest absolute Gasteiger partial charge is 0.482 e. The van der Waals surface area contributed by atoms with Gasteiger partial charge in [0.25, 0.3) is 11.5 Å². The maximum Gasteiger partial charge on any atom is 0.422 e. The number of aromatic nitrogens is 2. The lowest BCUT2D eigenvalue weighted by Gasteiger charge is -2.22. The van der Waals surface area contributed by atoms with Gasteiger partial charge < -0.3 is 14.8 Å². The van der Waals surface area contributed by atoms with Crippen LogP contribution in [-0.2, 0) is 10.3 Å². The second-order valence-corrected chi connectivity index (χ2v) is 7.57. The van der Waals surface area contributed by atoms with Crippen molar-refractivity contribution in [2.75, 3.05) is 19.0 Å². The molecule has 0 spiro atoms. The Balaban J connectivity index is 1.87. The number of para-hydroxylation sites is 2. The van der Waals surface area contributed by atoms with Crippen LogP contribution in [0.5, 0.6) is 5.75 Å². The number of amides is 1. The molecule has 0 saturated carbocycles. The Morgan fingerprint density at radius 3 is 2.45 bits per heavy atom. The number of methoxy groups -OCH3 is 1. The number of ether oxygens (including phenoxy) is 2. The molecule has 1 amide bonds. The van der Waals surface area contributed by atoms with E-state index in [0.29, 0.717) is 11.4 Å². The van der Waals surface area contributed by atoms with Crippen molar-refractivity contribution < 1.29 is 27.4 Å². The van der Waals surface area contributed by atoms with Crippen molar-refractivity contribution in [2.45, 2.75) is 25.6 Å². The highest BCUT2D eigenvalue weighted by molar-refractivity contribution is 6.03. The van der Waals surface area contributed by atoms with Gasteiger partial charge in [-0.2, -0.15) is 13.2 Å². The Bertz CT molecular complexity index is 1190. The Labute approximate surface area is 187 Å². The van der Waals surface area contributed by atoms with E-state index in [4.69, 9.17) is 9.47 Å². The number of carbonyl (C=O) groups is 1. The molecule has 174 valence electrons. The molecule has 3 rings (SSSR count). The summed E-state index contributed by atoms with van der Waals surface area (Å²) in [5.74, 6) is -0.835. The average Bonchev–Trinajstić information content (AvgIpc) is 2.78. The Morgan fingerprint density at radius 1 is 1.09 bits per heavy atom. The number of rotatable bonds is 7. The van der Waals surface area contributed by atoms with Crippen LogP contribution in [0.4, 0.5) is 18.9 Å². The van der Waals surface area contributed by atoms with Crippen molar-refractivity contribution in [1.29, 1.82) is 0 Å². The number of alkyl halides is 3. The first-order valence-corrected chi connectivity index (χ1v) is 9.85. The molecule has 1 N–H and O–H groups in total. The fourth-order valence-corrected chi connectivity index (χ4v) is 2.92. The van der Waals surface area contributed by atoms with E-state index < -0.39 is 29.9 Å². The number of halogens is 3. The highest BCUT2D eigenvalue weighted by Crippen LogP contribution is 2.25. The molecule has 0 aliphatic rings. The van der Waals surface area contributed by atoms with E-state index in [1.54, 1.807) is 25.3 Å². The van der Waals surface area contributed by atoms with Crippen molar-refractivity contribution in [1.82, 2.24) is 9.55 Å². The predicted octanol–water partition coefficient (Wildman–Crippen LogP) is 4.31. The fraction of sp³-hybridized carbons (Fsp3) is 0.261. The van der Waals surface area contributed by atoms with E-state index in [1.165, 1.54) is 42.7 Å². The average molecular weight is 461 g/mol. The molecule has 1 aromatic carbocycles. The molecule has 10 heteroatoms. The highest BCUT2D eigenvalue weighted by atomic mass is 19.4. The molecule has 33 heavy (non-hydrogen) atoms. The van der Waals surface area contributed by atoms with Gasteiger partial charge in [0.05, 0.1) is 23.3 Å². The quantitative estimate of drug-likeness (QED) is 0.567. The zero-order chi connectivity index (χ0) is 24.2. The molecule has 0 unspecified atom stereocenters. The second-order valence-electron chi connectivity index (χ2n) is 7.57. The maximum atomic E-state index is 13.0. The van der Waals surface area contributed by atoms with Crippen molar-refractivity contribution >= 4 is 11.6 Å². The number of pyridine rings is 2. The highest BCUT2D eigenvalue weighted by Gasteiger charge is 2.29. The molecule has 0 atom stereocenters. The van der Waals surface area contributed by atoms with Crippen LogP contribution in [0.25, 0.3) is 5.69 Å². The molecule has 0 radical (unpaired) electrons. The summed E-state index contributed by atoms with van der Waals surface area (Å²) in [6.07, 6.45) is -1.75. The van der Waals surface area contributed by atoms with Crippen LogP contribution in [0.3, 0.4) is 0 Å².